The standard InChI is InChI=1S/C9H16N2O2S/c1-3-9(4-2,7-10)11-14(12,13)8-5-6-8/h8,11H,3-6H2,1-2H3. The fourth-order valence-electron chi connectivity index (χ4n) is 1.31. The molecule has 0 aromatic rings. The zero-order chi connectivity index (χ0) is 10.8. The molecule has 80 valence electrons. The lowest BCUT2D eigenvalue weighted by Gasteiger charge is -2.24. The maximum absolute atomic E-state index is 11.6. The summed E-state index contributed by atoms with van der Waals surface area (Å²) in [6.07, 6.45) is 2.46. The lowest BCUT2D eigenvalue weighted by Crippen LogP contribution is -2.47. The summed E-state index contributed by atoms with van der Waals surface area (Å²) in [6, 6.07) is 2.06. The van der Waals surface area contributed by atoms with Crippen LogP contribution in [0.5, 0.6) is 0 Å². The topological polar surface area (TPSA) is 70.0 Å². The molecule has 1 rings (SSSR count). The van der Waals surface area contributed by atoms with Crippen LogP contribution in [-0.4, -0.2) is 19.2 Å². The normalized spacial score (nSPS) is 17.8. The second-order valence-electron chi connectivity index (χ2n) is 3.75. The van der Waals surface area contributed by atoms with Crippen LogP contribution in [0.15, 0.2) is 0 Å². The fourth-order valence-corrected chi connectivity index (χ4v) is 3.11. The highest BCUT2D eigenvalue weighted by molar-refractivity contribution is 7.90. The average Bonchev–Trinajstić information content (AvgIpc) is 2.97. The van der Waals surface area contributed by atoms with Crippen LogP contribution >= 0.6 is 0 Å². The zero-order valence-electron chi connectivity index (χ0n) is 8.58. The van der Waals surface area contributed by atoms with Crippen LogP contribution in [0.3, 0.4) is 0 Å². The molecule has 0 unspecified atom stereocenters. The van der Waals surface area contributed by atoms with Gasteiger partial charge in [0.1, 0.15) is 5.54 Å². The predicted octanol–water partition coefficient (Wildman–Crippen LogP) is 1.15. The number of nitrogens with zero attached hydrogens (tertiary/aromatic N) is 1. The largest absolute Gasteiger partial charge is 0.215 e. The van der Waals surface area contributed by atoms with E-state index in [9.17, 15) is 8.42 Å². The first-order valence-electron chi connectivity index (χ1n) is 4.93. The number of nitriles is 1. The van der Waals surface area contributed by atoms with Gasteiger partial charge in [0.05, 0.1) is 11.3 Å². The predicted molar refractivity (Wildman–Crippen MR) is 54.0 cm³/mol. The second kappa shape index (κ2) is 3.87. The van der Waals surface area contributed by atoms with Crippen LogP contribution < -0.4 is 4.72 Å². The van der Waals surface area contributed by atoms with Crippen molar-refractivity contribution < 1.29 is 8.42 Å². The van der Waals surface area contributed by atoms with Crippen LogP contribution in [-0.2, 0) is 10.0 Å². The van der Waals surface area contributed by atoms with Gasteiger partial charge in [-0.2, -0.15) is 9.98 Å². The Kier molecular flexibility index (Phi) is 3.17. The third-order valence-corrected chi connectivity index (χ3v) is 4.75. The smallest absolute Gasteiger partial charge is 0.212 e. The Hall–Kier alpha value is -0.600. The Morgan fingerprint density at radius 2 is 1.93 bits per heavy atom. The monoisotopic (exact) mass is 216 g/mol. The van der Waals surface area contributed by atoms with E-state index in [-0.39, 0.29) is 5.25 Å². The molecule has 1 N–H and O–H groups in total. The number of hydrogen-bond donors (Lipinski definition) is 1. The van der Waals surface area contributed by atoms with Gasteiger partial charge in [-0.1, -0.05) is 13.8 Å². The van der Waals surface area contributed by atoms with E-state index in [0.29, 0.717) is 12.8 Å². The summed E-state index contributed by atoms with van der Waals surface area (Å²) < 4.78 is 25.8. The van der Waals surface area contributed by atoms with E-state index in [2.05, 4.69) is 10.8 Å². The lowest BCUT2D eigenvalue weighted by atomic mass is 9.97. The summed E-state index contributed by atoms with van der Waals surface area (Å²) in [6.45, 7) is 3.64. The van der Waals surface area contributed by atoms with E-state index >= 15 is 0 Å². The molecular weight excluding hydrogens is 200 g/mol. The highest BCUT2D eigenvalue weighted by Crippen LogP contribution is 2.29. The molecule has 0 bridgehead atoms. The van der Waals surface area contributed by atoms with E-state index < -0.39 is 15.6 Å². The van der Waals surface area contributed by atoms with Crippen LogP contribution in [0.1, 0.15) is 39.5 Å². The molecule has 1 fully saturated rings. The number of rotatable bonds is 5. The molecule has 1 aliphatic carbocycles. The minimum Gasteiger partial charge on any atom is -0.212 e. The van der Waals surface area contributed by atoms with E-state index in [0.717, 1.165) is 12.8 Å². The van der Waals surface area contributed by atoms with Crippen molar-refractivity contribution in [3.05, 3.63) is 0 Å². The van der Waals surface area contributed by atoms with Gasteiger partial charge >= 0.3 is 0 Å². The SMILES string of the molecule is CCC(C#N)(CC)NS(=O)(=O)C1CC1. The lowest BCUT2D eigenvalue weighted by molar-refractivity contribution is 0.446. The quantitative estimate of drug-likeness (QED) is 0.749. The van der Waals surface area contributed by atoms with Gasteiger partial charge in [0.25, 0.3) is 0 Å². The zero-order valence-corrected chi connectivity index (χ0v) is 9.39. The third-order valence-electron chi connectivity index (χ3n) is 2.72. The Balaban J connectivity index is 2.79. The van der Waals surface area contributed by atoms with Gasteiger partial charge in [-0.05, 0) is 25.7 Å². The van der Waals surface area contributed by atoms with E-state index in [4.69, 9.17) is 5.26 Å². The molecule has 0 saturated heterocycles. The van der Waals surface area contributed by atoms with Crippen molar-refractivity contribution in [3.63, 3.8) is 0 Å². The Labute approximate surface area is 85.4 Å². The first kappa shape index (κ1) is 11.5. The number of hydrogen-bond acceptors (Lipinski definition) is 3. The maximum atomic E-state index is 11.6. The van der Waals surface area contributed by atoms with Crippen molar-refractivity contribution in [2.24, 2.45) is 0 Å². The van der Waals surface area contributed by atoms with E-state index in [1.54, 1.807) is 0 Å². The van der Waals surface area contributed by atoms with Gasteiger partial charge in [0.2, 0.25) is 10.0 Å². The summed E-state index contributed by atoms with van der Waals surface area (Å²) in [7, 11) is -3.25. The summed E-state index contributed by atoms with van der Waals surface area (Å²) in [5.41, 5.74) is -0.901. The molecule has 0 heterocycles. The molecule has 14 heavy (non-hydrogen) atoms. The second-order valence-corrected chi connectivity index (χ2v) is 5.71. The molecule has 0 amide bonds. The van der Waals surface area contributed by atoms with Crippen LogP contribution in [0.2, 0.25) is 0 Å². The summed E-state index contributed by atoms with van der Waals surface area (Å²) in [5, 5.41) is 8.71. The van der Waals surface area contributed by atoms with Gasteiger partial charge < -0.3 is 0 Å². The van der Waals surface area contributed by atoms with Gasteiger partial charge in [-0.25, -0.2) is 8.42 Å². The van der Waals surface area contributed by atoms with Crippen molar-refractivity contribution >= 4 is 10.0 Å². The van der Waals surface area contributed by atoms with Crippen LogP contribution in [0.4, 0.5) is 0 Å². The van der Waals surface area contributed by atoms with Crippen LogP contribution in [0.25, 0.3) is 0 Å². The van der Waals surface area contributed by atoms with Crippen molar-refractivity contribution in [1.82, 2.24) is 4.72 Å². The molecule has 1 aliphatic rings. The molecule has 5 heteroatoms. The summed E-state index contributed by atoms with van der Waals surface area (Å²) in [5.74, 6) is 0. The van der Waals surface area contributed by atoms with Crippen LogP contribution in [0, 0.1) is 11.3 Å². The maximum Gasteiger partial charge on any atom is 0.215 e. The minimum atomic E-state index is -3.25. The molecule has 0 radical (unpaired) electrons. The highest BCUT2D eigenvalue weighted by Gasteiger charge is 2.41. The first-order valence-corrected chi connectivity index (χ1v) is 6.48. The van der Waals surface area contributed by atoms with Crippen molar-refractivity contribution in [1.29, 1.82) is 5.26 Å². The van der Waals surface area contributed by atoms with Gasteiger partial charge in [0, 0.05) is 0 Å². The van der Waals surface area contributed by atoms with E-state index in [1.165, 1.54) is 0 Å². The highest BCUT2D eigenvalue weighted by atomic mass is 32.2. The number of sulfonamides is 1. The molecule has 0 atom stereocenters. The molecule has 0 aromatic carbocycles. The minimum absolute atomic E-state index is 0.256. The summed E-state index contributed by atoms with van der Waals surface area (Å²) in [4.78, 5) is 0. The average molecular weight is 216 g/mol. The first-order chi connectivity index (χ1) is 6.49. The van der Waals surface area contributed by atoms with E-state index in [1.807, 2.05) is 13.8 Å². The molecule has 0 aromatic heterocycles. The molecule has 1 saturated carbocycles. The fraction of sp³-hybridized carbons (Fsp3) is 0.889. The Morgan fingerprint density at radius 3 is 2.21 bits per heavy atom. The Bertz CT molecular complexity index is 334. The molecular formula is C9H16N2O2S. The van der Waals surface area contributed by atoms with Crippen molar-refractivity contribution in [3.8, 4) is 6.07 Å². The summed E-state index contributed by atoms with van der Waals surface area (Å²) >= 11 is 0. The third kappa shape index (κ3) is 2.25. The van der Waals surface area contributed by atoms with Gasteiger partial charge in [-0.15, -0.1) is 0 Å². The van der Waals surface area contributed by atoms with Gasteiger partial charge in [-0.3, -0.25) is 0 Å². The van der Waals surface area contributed by atoms with Gasteiger partial charge in [0.15, 0.2) is 0 Å². The molecule has 4 nitrogen and oxygen atoms in total. The number of nitrogens with one attached hydrogen (secondary N) is 1. The van der Waals surface area contributed by atoms with Crippen molar-refractivity contribution in [2.75, 3.05) is 0 Å². The van der Waals surface area contributed by atoms with Crippen molar-refractivity contribution in [2.45, 2.75) is 50.3 Å². The Morgan fingerprint density at radius 1 is 1.43 bits per heavy atom. The molecule has 0 spiro atoms. The molecule has 0 aliphatic heterocycles.